The number of carbonyl (C=O) groups is 3. The van der Waals surface area contributed by atoms with Gasteiger partial charge in [0.2, 0.25) is 11.8 Å². The molecular formula is C28H38N2O5. The molecule has 1 unspecified atom stereocenters. The maximum Gasteiger partial charge on any atom is 0.257 e. The summed E-state index contributed by atoms with van der Waals surface area (Å²) in [5.41, 5.74) is 1.28. The third-order valence-electron chi connectivity index (χ3n) is 8.94. The minimum atomic E-state index is -0.833. The van der Waals surface area contributed by atoms with Crippen LogP contribution in [0.15, 0.2) is 24.3 Å². The Morgan fingerprint density at radius 3 is 2.03 bits per heavy atom. The monoisotopic (exact) mass is 482 g/mol. The van der Waals surface area contributed by atoms with Crippen LogP contribution in [-0.2, 0) is 23.9 Å². The van der Waals surface area contributed by atoms with Gasteiger partial charge in [0.05, 0.1) is 24.1 Å². The van der Waals surface area contributed by atoms with Crippen molar-refractivity contribution in [3.63, 3.8) is 0 Å². The van der Waals surface area contributed by atoms with Crippen LogP contribution in [0.5, 0.6) is 0 Å². The summed E-state index contributed by atoms with van der Waals surface area (Å²) in [6.45, 7) is 4.34. The van der Waals surface area contributed by atoms with Crippen LogP contribution in [0.1, 0.15) is 70.3 Å². The molecule has 0 N–H and O–H groups in total. The van der Waals surface area contributed by atoms with Crippen molar-refractivity contribution in [3.05, 3.63) is 29.8 Å². The largest absolute Gasteiger partial charge is 0.354 e. The Balaban J connectivity index is 1.44. The first-order valence-corrected chi connectivity index (χ1v) is 13.1. The summed E-state index contributed by atoms with van der Waals surface area (Å²) in [7, 11) is 3.07. The molecule has 190 valence electrons. The van der Waals surface area contributed by atoms with Gasteiger partial charge in [0.25, 0.3) is 5.91 Å². The van der Waals surface area contributed by atoms with E-state index in [4.69, 9.17) is 9.47 Å². The Morgan fingerprint density at radius 1 is 1.00 bits per heavy atom. The van der Waals surface area contributed by atoms with Crippen LogP contribution in [0.3, 0.4) is 0 Å². The van der Waals surface area contributed by atoms with E-state index in [0.29, 0.717) is 29.4 Å². The average Bonchev–Trinajstić information content (AvgIpc) is 3.12. The molecule has 6 rings (SSSR count). The average molecular weight is 483 g/mol. The van der Waals surface area contributed by atoms with Crippen LogP contribution in [0.2, 0.25) is 0 Å². The molecule has 1 atom stereocenters. The van der Waals surface area contributed by atoms with E-state index < -0.39 is 17.7 Å². The lowest BCUT2D eigenvalue weighted by molar-refractivity contribution is -0.172. The molecule has 0 spiro atoms. The van der Waals surface area contributed by atoms with E-state index in [1.807, 2.05) is 24.3 Å². The van der Waals surface area contributed by atoms with E-state index in [9.17, 15) is 14.4 Å². The van der Waals surface area contributed by atoms with Crippen LogP contribution < -0.4 is 4.90 Å². The lowest BCUT2D eigenvalue weighted by Gasteiger charge is -2.57. The number of amides is 3. The summed E-state index contributed by atoms with van der Waals surface area (Å²) >= 11 is 0. The number of hydrogen-bond acceptors (Lipinski definition) is 5. The molecule has 4 aliphatic carbocycles. The zero-order chi connectivity index (χ0) is 24.9. The number of methoxy groups -OCH3 is 2. The van der Waals surface area contributed by atoms with Crippen LogP contribution in [0.25, 0.3) is 0 Å². The fourth-order valence-corrected chi connectivity index (χ4v) is 7.57. The molecule has 5 aliphatic rings. The maximum absolute atomic E-state index is 14.3. The van der Waals surface area contributed by atoms with Gasteiger partial charge in [0.15, 0.2) is 6.29 Å². The Kier molecular flexibility index (Phi) is 6.51. The standard InChI is InChI=1S/C28H38N2O5/c1-17(2)21-5-7-22(8-6-21)30-24(31)12-23(26(30)32)29(16-25(34-3)35-4)27(33)28-13-18-9-19(14-28)11-20(10-18)15-28/h5-8,17-20,23,25H,9-16H2,1-4H3. The van der Waals surface area contributed by atoms with Crippen LogP contribution in [-0.4, -0.2) is 55.7 Å². The predicted octanol–water partition coefficient (Wildman–Crippen LogP) is 4.11. The van der Waals surface area contributed by atoms with Gasteiger partial charge >= 0.3 is 0 Å². The minimum absolute atomic E-state index is 0.0109. The number of ether oxygens (including phenoxy) is 2. The second-order valence-corrected chi connectivity index (χ2v) is 11.6. The summed E-state index contributed by atoms with van der Waals surface area (Å²) in [4.78, 5) is 44.0. The zero-order valence-electron chi connectivity index (χ0n) is 21.4. The van der Waals surface area contributed by atoms with Crippen molar-refractivity contribution in [2.75, 3.05) is 25.7 Å². The zero-order valence-corrected chi connectivity index (χ0v) is 21.4. The summed E-state index contributed by atoms with van der Waals surface area (Å²) < 4.78 is 10.9. The molecule has 5 fully saturated rings. The molecular weight excluding hydrogens is 444 g/mol. The normalized spacial score (nSPS) is 31.8. The Bertz CT molecular complexity index is 948. The van der Waals surface area contributed by atoms with Gasteiger partial charge in [0, 0.05) is 14.2 Å². The first-order chi connectivity index (χ1) is 16.7. The Labute approximate surface area is 208 Å². The van der Waals surface area contributed by atoms with E-state index in [-0.39, 0.29) is 30.7 Å². The van der Waals surface area contributed by atoms with Crippen LogP contribution in [0.4, 0.5) is 5.69 Å². The third kappa shape index (κ3) is 4.31. The van der Waals surface area contributed by atoms with Gasteiger partial charge < -0.3 is 14.4 Å². The van der Waals surface area contributed by atoms with Gasteiger partial charge in [-0.1, -0.05) is 26.0 Å². The number of nitrogens with zero attached hydrogens (tertiary/aromatic N) is 2. The van der Waals surface area contributed by atoms with Crippen molar-refractivity contribution < 1.29 is 23.9 Å². The van der Waals surface area contributed by atoms with Gasteiger partial charge in [-0.3, -0.25) is 14.4 Å². The molecule has 1 aromatic rings. The third-order valence-corrected chi connectivity index (χ3v) is 8.94. The van der Waals surface area contributed by atoms with E-state index in [1.54, 1.807) is 4.90 Å². The second-order valence-electron chi connectivity index (χ2n) is 11.6. The molecule has 1 aliphatic heterocycles. The smallest absolute Gasteiger partial charge is 0.257 e. The van der Waals surface area contributed by atoms with E-state index in [2.05, 4.69) is 13.8 Å². The number of benzene rings is 1. The first kappa shape index (κ1) is 24.4. The first-order valence-electron chi connectivity index (χ1n) is 13.1. The number of hydrogen-bond donors (Lipinski definition) is 0. The van der Waals surface area contributed by atoms with E-state index in [1.165, 1.54) is 38.4 Å². The summed E-state index contributed by atoms with van der Waals surface area (Å²) in [6.07, 6.45) is 5.71. The molecule has 1 aromatic carbocycles. The quantitative estimate of drug-likeness (QED) is 0.412. The lowest BCUT2D eigenvalue weighted by atomic mass is 9.49. The summed E-state index contributed by atoms with van der Waals surface area (Å²) in [6, 6.07) is 6.73. The van der Waals surface area contributed by atoms with Crippen molar-refractivity contribution in [3.8, 4) is 0 Å². The fraction of sp³-hybridized carbons (Fsp3) is 0.679. The number of imide groups is 1. The molecule has 1 heterocycles. The van der Waals surface area contributed by atoms with Gasteiger partial charge in [-0.2, -0.15) is 0 Å². The highest BCUT2D eigenvalue weighted by Crippen LogP contribution is 2.60. The highest BCUT2D eigenvalue weighted by atomic mass is 16.7. The van der Waals surface area contributed by atoms with Crippen LogP contribution in [0, 0.1) is 23.2 Å². The predicted molar refractivity (Wildman–Crippen MR) is 132 cm³/mol. The lowest BCUT2D eigenvalue weighted by Crippen LogP contribution is -2.59. The molecule has 3 amide bonds. The van der Waals surface area contributed by atoms with Gasteiger partial charge in [-0.15, -0.1) is 0 Å². The molecule has 0 aromatic heterocycles. The molecule has 4 saturated carbocycles. The number of carbonyl (C=O) groups excluding carboxylic acids is 3. The number of anilines is 1. The van der Waals surface area contributed by atoms with Gasteiger partial charge in [-0.25, -0.2) is 4.90 Å². The van der Waals surface area contributed by atoms with Gasteiger partial charge in [-0.05, 0) is 79.9 Å². The Hall–Kier alpha value is -2.25. The molecule has 4 bridgehead atoms. The molecule has 0 radical (unpaired) electrons. The highest BCUT2D eigenvalue weighted by Gasteiger charge is 2.57. The summed E-state index contributed by atoms with van der Waals surface area (Å²) in [5.74, 6) is 1.57. The fourth-order valence-electron chi connectivity index (χ4n) is 7.57. The molecule has 35 heavy (non-hydrogen) atoms. The Morgan fingerprint density at radius 2 is 1.54 bits per heavy atom. The van der Waals surface area contributed by atoms with Crippen molar-refractivity contribution >= 4 is 23.4 Å². The van der Waals surface area contributed by atoms with Crippen molar-refractivity contribution in [2.24, 2.45) is 23.2 Å². The van der Waals surface area contributed by atoms with Gasteiger partial charge in [0.1, 0.15) is 6.04 Å². The SMILES string of the molecule is COC(CN(C(=O)C12CC3CC(CC(C3)C1)C2)C1CC(=O)N(c2ccc(C(C)C)cc2)C1=O)OC. The van der Waals surface area contributed by atoms with Crippen LogP contribution >= 0.6 is 0 Å². The molecule has 7 heteroatoms. The summed E-state index contributed by atoms with van der Waals surface area (Å²) in [5, 5.41) is 0. The highest BCUT2D eigenvalue weighted by molar-refractivity contribution is 6.23. The second kappa shape index (κ2) is 9.32. The maximum atomic E-state index is 14.3. The minimum Gasteiger partial charge on any atom is -0.354 e. The molecule has 7 nitrogen and oxygen atoms in total. The number of rotatable bonds is 8. The van der Waals surface area contributed by atoms with Crippen molar-refractivity contribution in [1.82, 2.24) is 4.90 Å². The van der Waals surface area contributed by atoms with E-state index >= 15 is 0 Å². The van der Waals surface area contributed by atoms with E-state index in [0.717, 1.165) is 24.8 Å². The van der Waals surface area contributed by atoms with Crippen molar-refractivity contribution in [2.45, 2.75) is 77.0 Å². The van der Waals surface area contributed by atoms with Crippen molar-refractivity contribution in [1.29, 1.82) is 0 Å². The molecule has 1 saturated heterocycles. The topological polar surface area (TPSA) is 76.2 Å².